The van der Waals surface area contributed by atoms with Crippen LogP contribution in [0.25, 0.3) is 0 Å². The molecule has 0 aliphatic heterocycles. The molecule has 28 heavy (non-hydrogen) atoms. The van der Waals surface area contributed by atoms with Gasteiger partial charge >= 0.3 is 0 Å². The Labute approximate surface area is 170 Å². The highest BCUT2D eigenvalue weighted by Gasteiger charge is 2.67. The minimum atomic E-state index is -0.563. The lowest BCUT2D eigenvalue weighted by Gasteiger charge is -2.62. The first-order valence-corrected chi connectivity index (χ1v) is 11.2. The largest absolute Gasteiger partial charge is 0.472 e. The topological polar surface area (TPSA) is 50.4 Å². The van der Waals surface area contributed by atoms with E-state index in [1.807, 2.05) is 6.07 Å². The standard InChI is InChI=1S/C25H38O3/c1-22(2)9-6-10-24(4)19(22)7-11-25(5)20(23(3,16-26)14-21(24)25)13-18(27)17-8-12-28-15-17/h8,12,15-16,18-21,27H,6-7,9-11,13-14H2,1-5H3/t18-,19-,20+,21+,23+,24-,25-/m1/s1. The van der Waals surface area contributed by atoms with Crippen molar-refractivity contribution >= 4 is 6.29 Å². The molecule has 3 fully saturated rings. The van der Waals surface area contributed by atoms with E-state index >= 15 is 0 Å². The third kappa shape index (κ3) is 2.75. The van der Waals surface area contributed by atoms with Crippen molar-refractivity contribution < 1.29 is 14.3 Å². The molecule has 3 saturated carbocycles. The molecule has 0 saturated heterocycles. The van der Waals surface area contributed by atoms with Gasteiger partial charge in [-0.3, -0.25) is 0 Å². The average Bonchev–Trinajstić information content (AvgIpc) is 3.23. The normalized spacial score (nSPS) is 45.9. The van der Waals surface area contributed by atoms with Gasteiger partial charge in [-0.25, -0.2) is 0 Å². The number of hydrogen-bond donors (Lipinski definition) is 1. The van der Waals surface area contributed by atoms with Crippen LogP contribution in [-0.4, -0.2) is 11.4 Å². The minimum Gasteiger partial charge on any atom is -0.472 e. The summed E-state index contributed by atoms with van der Waals surface area (Å²) in [6, 6.07) is 1.85. The fraction of sp³-hybridized carbons (Fsp3) is 0.800. The van der Waals surface area contributed by atoms with Gasteiger partial charge in [0.1, 0.15) is 6.29 Å². The van der Waals surface area contributed by atoms with Crippen molar-refractivity contribution in [2.75, 3.05) is 0 Å². The van der Waals surface area contributed by atoms with Crippen molar-refractivity contribution in [2.24, 2.45) is 39.4 Å². The molecule has 3 aliphatic rings. The lowest BCUT2D eigenvalue weighted by atomic mass is 9.43. The Morgan fingerprint density at radius 1 is 1.14 bits per heavy atom. The quantitative estimate of drug-likeness (QED) is 0.629. The summed E-state index contributed by atoms with van der Waals surface area (Å²) >= 11 is 0. The van der Waals surface area contributed by atoms with Crippen LogP contribution in [0.15, 0.2) is 23.0 Å². The van der Waals surface area contributed by atoms with Gasteiger partial charge in [-0.15, -0.1) is 0 Å². The van der Waals surface area contributed by atoms with Gasteiger partial charge in [0.25, 0.3) is 0 Å². The zero-order valence-electron chi connectivity index (χ0n) is 18.3. The van der Waals surface area contributed by atoms with Gasteiger partial charge in [0, 0.05) is 11.0 Å². The van der Waals surface area contributed by atoms with Crippen molar-refractivity contribution in [1.29, 1.82) is 0 Å². The Kier molecular flexibility index (Phi) is 4.65. The Morgan fingerprint density at radius 3 is 2.54 bits per heavy atom. The molecule has 0 amide bonds. The van der Waals surface area contributed by atoms with E-state index in [0.717, 1.165) is 17.9 Å². The molecule has 3 nitrogen and oxygen atoms in total. The van der Waals surface area contributed by atoms with Gasteiger partial charge in [0.05, 0.1) is 18.6 Å². The van der Waals surface area contributed by atoms with Gasteiger partial charge < -0.3 is 14.3 Å². The molecule has 7 atom stereocenters. The van der Waals surface area contributed by atoms with E-state index in [1.165, 1.54) is 38.4 Å². The predicted octanol–water partition coefficient (Wildman–Crippen LogP) is 6.18. The number of carbonyl (C=O) groups is 1. The summed E-state index contributed by atoms with van der Waals surface area (Å²) in [5, 5.41) is 10.9. The number of hydrogen-bond acceptors (Lipinski definition) is 3. The molecular weight excluding hydrogens is 348 g/mol. The molecular formula is C25H38O3. The Hall–Kier alpha value is -1.09. The third-order valence-electron chi connectivity index (χ3n) is 9.73. The second kappa shape index (κ2) is 6.45. The fourth-order valence-electron chi connectivity index (χ4n) is 8.40. The van der Waals surface area contributed by atoms with E-state index in [0.29, 0.717) is 23.2 Å². The van der Waals surface area contributed by atoms with Crippen molar-refractivity contribution in [1.82, 2.24) is 0 Å². The Balaban J connectivity index is 1.70. The summed E-state index contributed by atoms with van der Waals surface area (Å²) < 4.78 is 5.19. The molecule has 4 rings (SSSR count). The SMILES string of the molecule is CC1(C)CCC[C@@]2(C)[C@@H]3C[C@@](C)(C=O)[C@H](C[C@@H](O)c4ccoc4)[C@@]3(C)CC[C@H]12. The maximum Gasteiger partial charge on any atom is 0.126 e. The van der Waals surface area contributed by atoms with E-state index in [9.17, 15) is 9.90 Å². The summed E-state index contributed by atoms with van der Waals surface area (Å²) in [5.74, 6) is 1.49. The average molecular weight is 387 g/mol. The van der Waals surface area contributed by atoms with Crippen molar-refractivity contribution in [2.45, 2.75) is 85.7 Å². The van der Waals surface area contributed by atoms with E-state index in [4.69, 9.17) is 4.42 Å². The molecule has 1 aromatic rings. The first kappa shape index (κ1) is 20.2. The first-order valence-electron chi connectivity index (χ1n) is 11.2. The summed E-state index contributed by atoms with van der Waals surface area (Å²) in [4.78, 5) is 12.4. The lowest BCUT2D eigenvalue weighted by Crippen LogP contribution is -2.54. The highest BCUT2D eigenvalue weighted by atomic mass is 16.3. The van der Waals surface area contributed by atoms with Gasteiger partial charge in [-0.05, 0) is 78.6 Å². The molecule has 0 unspecified atom stereocenters. The van der Waals surface area contributed by atoms with Crippen LogP contribution >= 0.6 is 0 Å². The zero-order valence-corrected chi connectivity index (χ0v) is 18.3. The van der Waals surface area contributed by atoms with Crippen LogP contribution in [0.4, 0.5) is 0 Å². The summed E-state index contributed by atoms with van der Waals surface area (Å²) in [7, 11) is 0. The van der Waals surface area contributed by atoms with Crippen LogP contribution in [0.1, 0.15) is 91.2 Å². The highest BCUT2D eigenvalue weighted by molar-refractivity contribution is 5.61. The van der Waals surface area contributed by atoms with Crippen LogP contribution in [-0.2, 0) is 4.79 Å². The van der Waals surface area contributed by atoms with Gasteiger partial charge in [0.15, 0.2) is 0 Å². The van der Waals surface area contributed by atoms with Crippen LogP contribution in [0, 0.1) is 39.4 Å². The maximum atomic E-state index is 12.4. The molecule has 0 spiro atoms. The number of furan rings is 1. The lowest BCUT2D eigenvalue weighted by molar-refractivity contribution is -0.130. The Bertz CT molecular complexity index is 722. The van der Waals surface area contributed by atoms with E-state index in [-0.39, 0.29) is 16.7 Å². The number of fused-ring (bicyclic) bond motifs is 3. The smallest absolute Gasteiger partial charge is 0.126 e. The van der Waals surface area contributed by atoms with Crippen molar-refractivity contribution in [3.05, 3.63) is 24.2 Å². The second-order valence-corrected chi connectivity index (χ2v) is 11.7. The summed E-state index contributed by atoms with van der Waals surface area (Å²) in [6.45, 7) is 12.0. The molecule has 3 heteroatoms. The third-order valence-corrected chi connectivity index (χ3v) is 9.73. The summed E-state index contributed by atoms with van der Waals surface area (Å²) in [6.07, 6.45) is 11.9. The van der Waals surface area contributed by atoms with Gasteiger partial charge in [-0.1, -0.05) is 41.0 Å². The van der Waals surface area contributed by atoms with Gasteiger partial charge in [-0.2, -0.15) is 0 Å². The van der Waals surface area contributed by atoms with Gasteiger partial charge in [0.2, 0.25) is 0 Å². The van der Waals surface area contributed by atoms with Crippen LogP contribution < -0.4 is 0 Å². The number of rotatable bonds is 4. The minimum absolute atomic E-state index is 0.110. The number of aliphatic hydroxyl groups is 1. The molecule has 1 aromatic heterocycles. The fourth-order valence-corrected chi connectivity index (χ4v) is 8.40. The molecule has 1 N–H and O–H groups in total. The van der Waals surface area contributed by atoms with E-state index in [1.54, 1.807) is 12.5 Å². The first-order chi connectivity index (χ1) is 13.1. The predicted molar refractivity (Wildman–Crippen MR) is 111 cm³/mol. The molecule has 1 heterocycles. The number of aliphatic hydroxyl groups excluding tert-OH is 1. The van der Waals surface area contributed by atoms with E-state index < -0.39 is 6.10 Å². The zero-order chi connectivity index (χ0) is 20.4. The van der Waals surface area contributed by atoms with E-state index in [2.05, 4.69) is 34.6 Å². The second-order valence-electron chi connectivity index (χ2n) is 11.7. The monoisotopic (exact) mass is 386 g/mol. The maximum absolute atomic E-state index is 12.4. The molecule has 0 radical (unpaired) electrons. The Morgan fingerprint density at radius 2 is 1.89 bits per heavy atom. The van der Waals surface area contributed by atoms with Crippen LogP contribution in [0.5, 0.6) is 0 Å². The van der Waals surface area contributed by atoms with Crippen LogP contribution in [0.3, 0.4) is 0 Å². The molecule has 3 aliphatic carbocycles. The van der Waals surface area contributed by atoms with Crippen LogP contribution in [0.2, 0.25) is 0 Å². The molecule has 156 valence electrons. The number of carbonyl (C=O) groups excluding carboxylic acids is 1. The number of aldehydes is 1. The highest BCUT2D eigenvalue weighted by Crippen LogP contribution is 2.73. The summed E-state index contributed by atoms with van der Waals surface area (Å²) in [5.41, 5.74) is 1.27. The van der Waals surface area contributed by atoms with Crippen molar-refractivity contribution in [3.8, 4) is 0 Å². The van der Waals surface area contributed by atoms with Crippen molar-refractivity contribution in [3.63, 3.8) is 0 Å². The molecule has 0 bridgehead atoms. The molecule has 0 aromatic carbocycles.